The minimum Gasteiger partial charge on any atom is -0.402 e. The molecule has 3 N–H and O–H groups in total. The lowest BCUT2D eigenvalue weighted by Crippen LogP contribution is -2.19. The molecule has 0 radical (unpaired) electrons. The maximum absolute atomic E-state index is 12.8. The molecule has 1 aromatic carbocycles. The summed E-state index contributed by atoms with van der Waals surface area (Å²) in [6, 6.07) is 5.98. The van der Waals surface area contributed by atoms with E-state index in [0.717, 1.165) is 5.56 Å². The highest BCUT2D eigenvalue weighted by Crippen LogP contribution is 2.17. The van der Waals surface area contributed by atoms with Gasteiger partial charge in [-0.2, -0.15) is 0 Å². The molecule has 0 fully saturated rings. The molecule has 0 heterocycles. The molecule has 0 aliphatic heterocycles. The van der Waals surface area contributed by atoms with Gasteiger partial charge < -0.3 is 11.1 Å². The standard InChI is InChI=1S/C13H17FN2O/c1-9(15)7-12(17)8-13(16-2)10-3-5-11(14)6-4-10/h3-7,13,16H,8,15H2,1-2H3. The third-order valence-electron chi connectivity index (χ3n) is 2.41. The number of rotatable bonds is 5. The van der Waals surface area contributed by atoms with Crippen LogP contribution in [0.4, 0.5) is 4.39 Å². The number of ketones is 1. The molecule has 0 amide bonds. The summed E-state index contributed by atoms with van der Waals surface area (Å²) in [4.78, 5) is 11.6. The zero-order chi connectivity index (χ0) is 12.8. The maximum atomic E-state index is 12.8. The second-order valence-electron chi connectivity index (χ2n) is 3.95. The Bertz CT molecular complexity index is 408. The Morgan fingerprint density at radius 1 is 1.47 bits per heavy atom. The third kappa shape index (κ3) is 4.36. The summed E-state index contributed by atoms with van der Waals surface area (Å²) in [6.07, 6.45) is 1.71. The zero-order valence-electron chi connectivity index (χ0n) is 10.0. The lowest BCUT2D eigenvalue weighted by molar-refractivity contribution is -0.115. The number of halogens is 1. The highest BCUT2D eigenvalue weighted by atomic mass is 19.1. The van der Waals surface area contributed by atoms with Crippen molar-refractivity contribution in [3.05, 3.63) is 47.4 Å². The van der Waals surface area contributed by atoms with E-state index in [4.69, 9.17) is 5.73 Å². The molecule has 0 bridgehead atoms. The minimum atomic E-state index is -0.285. The molecule has 92 valence electrons. The fourth-order valence-corrected chi connectivity index (χ4v) is 1.60. The molecule has 0 aliphatic rings. The third-order valence-corrected chi connectivity index (χ3v) is 2.41. The topological polar surface area (TPSA) is 55.1 Å². The van der Waals surface area contributed by atoms with Crippen molar-refractivity contribution in [2.75, 3.05) is 7.05 Å². The molecule has 1 unspecified atom stereocenters. The lowest BCUT2D eigenvalue weighted by atomic mass is 10.0. The van der Waals surface area contributed by atoms with Gasteiger partial charge in [-0.05, 0) is 37.7 Å². The van der Waals surface area contributed by atoms with Crippen molar-refractivity contribution in [1.82, 2.24) is 5.32 Å². The van der Waals surface area contributed by atoms with Gasteiger partial charge in [0.2, 0.25) is 0 Å². The maximum Gasteiger partial charge on any atom is 0.159 e. The van der Waals surface area contributed by atoms with Crippen LogP contribution < -0.4 is 11.1 Å². The van der Waals surface area contributed by atoms with E-state index >= 15 is 0 Å². The number of carbonyl (C=O) groups excluding carboxylic acids is 1. The highest BCUT2D eigenvalue weighted by molar-refractivity contribution is 5.90. The number of nitrogens with two attached hydrogens (primary N) is 1. The molecule has 0 aliphatic carbocycles. The number of nitrogens with one attached hydrogen (secondary N) is 1. The van der Waals surface area contributed by atoms with Crippen molar-refractivity contribution in [2.45, 2.75) is 19.4 Å². The van der Waals surface area contributed by atoms with E-state index in [9.17, 15) is 9.18 Å². The van der Waals surface area contributed by atoms with Crippen molar-refractivity contribution in [3.8, 4) is 0 Å². The van der Waals surface area contributed by atoms with E-state index in [2.05, 4.69) is 5.32 Å². The van der Waals surface area contributed by atoms with Crippen LogP contribution in [0.2, 0.25) is 0 Å². The summed E-state index contributed by atoms with van der Waals surface area (Å²) < 4.78 is 12.8. The van der Waals surface area contributed by atoms with E-state index < -0.39 is 0 Å². The van der Waals surface area contributed by atoms with Crippen LogP contribution in [-0.4, -0.2) is 12.8 Å². The zero-order valence-corrected chi connectivity index (χ0v) is 10.0. The molecule has 17 heavy (non-hydrogen) atoms. The van der Waals surface area contributed by atoms with E-state index in [1.807, 2.05) is 0 Å². The lowest BCUT2D eigenvalue weighted by Gasteiger charge is -2.15. The first-order valence-corrected chi connectivity index (χ1v) is 5.42. The first kappa shape index (κ1) is 13.4. The number of allylic oxidation sites excluding steroid dienone is 2. The first-order valence-electron chi connectivity index (χ1n) is 5.42. The first-order chi connectivity index (χ1) is 8.02. The van der Waals surface area contributed by atoms with E-state index in [0.29, 0.717) is 12.1 Å². The molecule has 0 spiro atoms. The molecule has 0 aromatic heterocycles. The summed E-state index contributed by atoms with van der Waals surface area (Å²) in [5.74, 6) is -0.332. The highest BCUT2D eigenvalue weighted by Gasteiger charge is 2.12. The van der Waals surface area contributed by atoms with Gasteiger partial charge in [0.25, 0.3) is 0 Å². The number of hydrogen-bond donors (Lipinski definition) is 2. The van der Waals surface area contributed by atoms with E-state index in [1.165, 1.54) is 18.2 Å². The second kappa shape index (κ2) is 6.15. The van der Waals surface area contributed by atoms with Gasteiger partial charge in [-0.25, -0.2) is 4.39 Å². The second-order valence-corrected chi connectivity index (χ2v) is 3.95. The van der Waals surface area contributed by atoms with Crippen molar-refractivity contribution in [1.29, 1.82) is 0 Å². The van der Waals surface area contributed by atoms with E-state index in [-0.39, 0.29) is 17.6 Å². The summed E-state index contributed by atoms with van der Waals surface area (Å²) in [5.41, 5.74) is 6.81. The minimum absolute atomic E-state index is 0.0475. The smallest absolute Gasteiger partial charge is 0.159 e. The Morgan fingerprint density at radius 3 is 2.53 bits per heavy atom. The number of carbonyl (C=O) groups is 1. The van der Waals surface area contributed by atoms with Gasteiger partial charge in [0.1, 0.15) is 5.82 Å². The monoisotopic (exact) mass is 236 g/mol. The van der Waals surface area contributed by atoms with Crippen LogP contribution in [0, 0.1) is 5.82 Å². The molecule has 0 saturated carbocycles. The molecule has 1 rings (SSSR count). The van der Waals surface area contributed by atoms with Gasteiger partial charge in [0.05, 0.1) is 0 Å². The fourth-order valence-electron chi connectivity index (χ4n) is 1.60. The van der Waals surface area contributed by atoms with Crippen LogP contribution in [0.25, 0.3) is 0 Å². The SMILES string of the molecule is CNC(CC(=O)C=C(C)N)c1ccc(F)cc1. The Labute approximate surface area is 101 Å². The van der Waals surface area contributed by atoms with Crippen molar-refractivity contribution in [2.24, 2.45) is 5.73 Å². The van der Waals surface area contributed by atoms with Gasteiger partial charge in [0, 0.05) is 18.2 Å². The number of hydrogen-bond acceptors (Lipinski definition) is 3. The van der Waals surface area contributed by atoms with Crippen LogP contribution >= 0.6 is 0 Å². The predicted molar refractivity (Wildman–Crippen MR) is 65.8 cm³/mol. The molecule has 1 aromatic rings. The Morgan fingerprint density at radius 2 is 2.06 bits per heavy atom. The summed E-state index contributed by atoms with van der Waals surface area (Å²) >= 11 is 0. The summed E-state index contributed by atoms with van der Waals surface area (Å²) in [5, 5.41) is 3.03. The fraction of sp³-hybridized carbons (Fsp3) is 0.308. The van der Waals surface area contributed by atoms with E-state index in [1.54, 1.807) is 26.1 Å². The quantitative estimate of drug-likeness (QED) is 0.768. The molecule has 0 saturated heterocycles. The molecular weight excluding hydrogens is 219 g/mol. The van der Waals surface area contributed by atoms with Crippen LogP contribution in [-0.2, 0) is 4.79 Å². The van der Waals surface area contributed by atoms with Crippen molar-refractivity contribution < 1.29 is 9.18 Å². The predicted octanol–water partition coefficient (Wildman–Crippen LogP) is 1.91. The van der Waals surface area contributed by atoms with Gasteiger partial charge in [0.15, 0.2) is 5.78 Å². The number of benzene rings is 1. The van der Waals surface area contributed by atoms with Crippen LogP contribution in [0.1, 0.15) is 24.9 Å². The van der Waals surface area contributed by atoms with Gasteiger partial charge in [-0.15, -0.1) is 0 Å². The average Bonchev–Trinajstić information content (AvgIpc) is 2.26. The van der Waals surface area contributed by atoms with Crippen LogP contribution in [0.5, 0.6) is 0 Å². The molecule has 1 atom stereocenters. The molecular formula is C13H17FN2O. The van der Waals surface area contributed by atoms with Crippen LogP contribution in [0.15, 0.2) is 36.0 Å². The largest absolute Gasteiger partial charge is 0.402 e. The van der Waals surface area contributed by atoms with Crippen molar-refractivity contribution in [3.63, 3.8) is 0 Å². The van der Waals surface area contributed by atoms with Gasteiger partial charge >= 0.3 is 0 Å². The summed E-state index contributed by atoms with van der Waals surface area (Å²) in [6.45, 7) is 1.67. The normalized spacial score (nSPS) is 13.5. The molecule has 3 nitrogen and oxygen atoms in total. The Kier molecular flexibility index (Phi) is 4.84. The van der Waals surface area contributed by atoms with Crippen LogP contribution in [0.3, 0.4) is 0 Å². The Hall–Kier alpha value is -1.68. The van der Waals surface area contributed by atoms with Gasteiger partial charge in [-0.1, -0.05) is 12.1 Å². The average molecular weight is 236 g/mol. The Balaban J connectivity index is 2.75. The van der Waals surface area contributed by atoms with Gasteiger partial charge in [-0.3, -0.25) is 4.79 Å². The van der Waals surface area contributed by atoms with Crippen molar-refractivity contribution >= 4 is 5.78 Å². The summed E-state index contributed by atoms with van der Waals surface area (Å²) in [7, 11) is 1.76. The molecule has 4 heteroatoms.